The van der Waals surface area contributed by atoms with Crippen molar-refractivity contribution in [3.8, 4) is 11.1 Å². The van der Waals surface area contributed by atoms with Crippen molar-refractivity contribution in [1.82, 2.24) is 4.90 Å². The fraction of sp³-hybridized carbons (Fsp3) is 0.222. The first kappa shape index (κ1) is 23.4. The molecule has 0 saturated carbocycles. The molecule has 3 aromatic carbocycles. The van der Waals surface area contributed by atoms with Gasteiger partial charge in [-0.25, -0.2) is 4.79 Å². The Balaban J connectivity index is 1.46. The van der Waals surface area contributed by atoms with Gasteiger partial charge in [0.2, 0.25) is 0 Å². The van der Waals surface area contributed by atoms with Gasteiger partial charge in [-0.05, 0) is 72.1 Å². The number of hydrogen-bond acceptors (Lipinski definition) is 3. The molecule has 1 atom stereocenters. The lowest BCUT2D eigenvalue weighted by molar-refractivity contribution is -0.144. The van der Waals surface area contributed by atoms with Crippen LogP contribution in [-0.2, 0) is 11.3 Å². The van der Waals surface area contributed by atoms with Crippen LogP contribution in [0.5, 0.6) is 0 Å². The van der Waals surface area contributed by atoms with Gasteiger partial charge in [-0.1, -0.05) is 55.8 Å². The summed E-state index contributed by atoms with van der Waals surface area (Å²) in [5, 5.41) is 16.4. The Hall–Kier alpha value is -3.71. The Labute approximate surface area is 204 Å². The molecule has 174 valence electrons. The van der Waals surface area contributed by atoms with E-state index >= 15 is 0 Å². The molecule has 0 spiro atoms. The summed E-state index contributed by atoms with van der Waals surface area (Å²) >= 11 is 5.41. The second kappa shape index (κ2) is 9.65. The maximum Gasteiger partial charge on any atom is 0.326 e. The number of nitrogens with zero attached hydrogens (tertiary/aromatic N) is 1. The zero-order chi connectivity index (χ0) is 24.4. The van der Waals surface area contributed by atoms with Crippen LogP contribution in [0, 0.1) is 12.8 Å². The van der Waals surface area contributed by atoms with Crippen LogP contribution in [0.15, 0.2) is 66.7 Å². The van der Waals surface area contributed by atoms with Gasteiger partial charge < -0.3 is 20.6 Å². The van der Waals surface area contributed by atoms with Crippen molar-refractivity contribution in [2.45, 2.75) is 33.4 Å². The van der Waals surface area contributed by atoms with Crippen LogP contribution in [0.4, 0.5) is 11.4 Å². The lowest BCUT2D eigenvalue weighted by atomic mass is 10.00. The van der Waals surface area contributed by atoms with E-state index in [9.17, 15) is 14.7 Å². The number of rotatable bonds is 6. The molecule has 1 heterocycles. The summed E-state index contributed by atoms with van der Waals surface area (Å²) in [6.07, 6.45) is 0. The second-order valence-corrected chi connectivity index (χ2v) is 9.26. The van der Waals surface area contributed by atoms with Gasteiger partial charge in [-0.3, -0.25) is 4.79 Å². The molecule has 0 aliphatic carbocycles. The zero-order valence-corrected chi connectivity index (χ0v) is 20.1. The third kappa shape index (κ3) is 4.94. The largest absolute Gasteiger partial charge is 0.480 e. The van der Waals surface area contributed by atoms with E-state index in [0.717, 1.165) is 28.1 Å². The van der Waals surface area contributed by atoms with Gasteiger partial charge in [0.15, 0.2) is 5.11 Å². The lowest BCUT2D eigenvalue weighted by Gasteiger charge is -2.27. The summed E-state index contributed by atoms with van der Waals surface area (Å²) in [7, 11) is 0. The summed E-state index contributed by atoms with van der Waals surface area (Å²) in [5.41, 5.74) is 6.22. The summed E-state index contributed by atoms with van der Waals surface area (Å²) < 4.78 is 0. The zero-order valence-electron chi connectivity index (χ0n) is 19.3. The molecule has 0 bridgehead atoms. The van der Waals surface area contributed by atoms with E-state index in [-0.39, 0.29) is 11.8 Å². The standard InChI is InChI=1S/C27H27N3O3S/c1-16(2)24(26(32)33)30-15-20-7-6-19(14-23(20)25(30)31)18-8-12-22(13-9-18)29-27(34)28-21-10-4-17(3)5-11-21/h4-14,16,24H,15H2,1-3H3,(H,32,33)(H2,28,29,34)/t24-/m0/s1. The Kier molecular flexibility index (Phi) is 6.65. The number of fused-ring (bicyclic) bond motifs is 1. The smallest absolute Gasteiger partial charge is 0.326 e. The number of carbonyl (C=O) groups excluding carboxylic acids is 1. The van der Waals surface area contributed by atoms with Crippen LogP contribution in [-0.4, -0.2) is 33.0 Å². The minimum absolute atomic E-state index is 0.179. The molecule has 0 fully saturated rings. The SMILES string of the molecule is Cc1ccc(NC(=S)Nc2ccc(-c3ccc4c(c3)C(=O)N([C@H](C(=O)O)C(C)C)C4)cc2)cc1. The molecule has 1 amide bonds. The molecule has 1 aliphatic heterocycles. The van der Waals surface area contributed by atoms with E-state index in [2.05, 4.69) is 10.6 Å². The van der Waals surface area contributed by atoms with Crippen LogP contribution < -0.4 is 10.6 Å². The molecule has 0 aromatic heterocycles. The topological polar surface area (TPSA) is 81.7 Å². The fourth-order valence-electron chi connectivity index (χ4n) is 4.18. The Morgan fingerprint density at radius 2 is 1.50 bits per heavy atom. The highest BCUT2D eigenvalue weighted by molar-refractivity contribution is 7.80. The number of carboxylic acids is 1. The third-order valence-electron chi connectivity index (χ3n) is 5.95. The number of hydrogen-bond donors (Lipinski definition) is 3. The first-order chi connectivity index (χ1) is 16.2. The lowest BCUT2D eigenvalue weighted by Crippen LogP contribution is -2.44. The number of nitrogens with one attached hydrogen (secondary N) is 2. The van der Waals surface area contributed by atoms with Crippen LogP contribution in [0.3, 0.4) is 0 Å². The van der Waals surface area contributed by atoms with Crippen molar-refractivity contribution >= 4 is 40.6 Å². The number of anilines is 2. The quantitative estimate of drug-likeness (QED) is 0.408. The van der Waals surface area contributed by atoms with Gasteiger partial charge in [-0.15, -0.1) is 0 Å². The fourth-order valence-corrected chi connectivity index (χ4v) is 4.42. The molecular formula is C27H27N3O3S. The van der Waals surface area contributed by atoms with E-state index in [1.54, 1.807) is 0 Å². The maximum atomic E-state index is 13.0. The second-order valence-electron chi connectivity index (χ2n) is 8.85. The minimum atomic E-state index is -0.978. The molecule has 3 aromatic rings. The summed E-state index contributed by atoms with van der Waals surface area (Å²) in [6.45, 7) is 5.99. The van der Waals surface area contributed by atoms with Crippen molar-refractivity contribution in [1.29, 1.82) is 0 Å². The van der Waals surface area contributed by atoms with Crippen molar-refractivity contribution in [2.24, 2.45) is 5.92 Å². The van der Waals surface area contributed by atoms with E-state index < -0.39 is 12.0 Å². The molecule has 3 N–H and O–H groups in total. The van der Waals surface area contributed by atoms with Crippen molar-refractivity contribution in [3.63, 3.8) is 0 Å². The predicted molar refractivity (Wildman–Crippen MR) is 139 cm³/mol. The van der Waals surface area contributed by atoms with Crippen LogP contribution >= 0.6 is 12.2 Å². The molecule has 7 heteroatoms. The summed E-state index contributed by atoms with van der Waals surface area (Å²) in [6, 6.07) is 20.7. The van der Waals surface area contributed by atoms with Gasteiger partial charge in [0.1, 0.15) is 6.04 Å². The molecule has 0 saturated heterocycles. The van der Waals surface area contributed by atoms with Crippen LogP contribution in [0.1, 0.15) is 35.3 Å². The highest BCUT2D eigenvalue weighted by Crippen LogP contribution is 2.31. The van der Waals surface area contributed by atoms with Crippen molar-refractivity contribution < 1.29 is 14.7 Å². The van der Waals surface area contributed by atoms with E-state index in [1.165, 1.54) is 10.5 Å². The van der Waals surface area contributed by atoms with Gasteiger partial charge in [0.05, 0.1) is 0 Å². The predicted octanol–water partition coefficient (Wildman–Crippen LogP) is 5.54. The Morgan fingerprint density at radius 3 is 2.06 bits per heavy atom. The van der Waals surface area contributed by atoms with Gasteiger partial charge in [0, 0.05) is 23.5 Å². The molecular weight excluding hydrogens is 446 g/mol. The number of aliphatic carboxylic acids is 1. The normalized spacial score (nSPS) is 13.5. The maximum absolute atomic E-state index is 13.0. The average Bonchev–Trinajstić information content (AvgIpc) is 3.11. The van der Waals surface area contributed by atoms with E-state index in [0.29, 0.717) is 17.2 Å². The van der Waals surface area contributed by atoms with Gasteiger partial charge >= 0.3 is 5.97 Å². The van der Waals surface area contributed by atoms with Crippen LogP contribution in [0.2, 0.25) is 0 Å². The number of amides is 1. The summed E-state index contributed by atoms with van der Waals surface area (Å²) in [4.78, 5) is 26.2. The number of carbonyl (C=O) groups is 2. The average molecular weight is 474 g/mol. The molecule has 4 rings (SSSR count). The first-order valence-electron chi connectivity index (χ1n) is 11.1. The Morgan fingerprint density at radius 1 is 0.941 bits per heavy atom. The van der Waals surface area contributed by atoms with Crippen molar-refractivity contribution in [2.75, 3.05) is 10.6 Å². The van der Waals surface area contributed by atoms with Crippen molar-refractivity contribution in [3.05, 3.63) is 83.4 Å². The first-order valence-corrected chi connectivity index (χ1v) is 11.6. The summed E-state index contributed by atoms with van der Waals surface area (Å²) in [5.74, 6) is -1.39. The van der Waals surface area contributed by atoms with Gasteiger partial charge in [0.25, 0.3) is 5.91 Å². The number of carboxylic acid groups (broad SMARTS) is 1. The Bertz CT molecular complexity index is 1240. The monoisotopic (exact) mass is 473 g/mol. The highest BCUT2D eigenvalue weighted by atomic mass is 32.1. The molecule has 6 nitrogen and oxygen atoms in total. The number of thiocarbonyl (C=S) groups is 1. The minimum Gasteiger partial charge on any atom is -0.480 e. The van der Waals surface area contributed by atoms with E-state index in [1.807, 2.05) is 87.5 Å². The van der Waals surface area contributed by atoms with Gasteiger partial charge in [-0.2, -0.15) is 0 Å². The molecule has 1 aliphatic rings. The number of aryl methyl sites for hydroxylation is 1. The number of benzene rings is 3. The van der Waals surface area contributed by atoms with Crippen LogP contribution in [0.25, 0.3) is 11.1 Å². The molecule has 0 unspecified atom stereocenters. The molecule has 34 heavy (non-hydrogen) atoms. The third-order valence-corrected chi connectivity index (χ3v) is 6.15. The van der Waals surface area contributed by atoms with E-state index in [4.69, 9.17) is 12.2 Å². The highest BCUT2D eigenvalue weighted by Gasteiger charge is 2.38. The molecule has 0 radical (unpaired) electrons.